The molecule has 0 aliphatic carbocycles. The number of benzene rings is 2. The van der Waals surface area contributed by atoms with Gasteiger partial charge in [0.1, 0.15) is 11.8 Å². The molecular weight excluding hydrogens is 262 g/mol. The molecular formula is C15H12F2N2O. The third-order valence-electron chi connectivity index (χ3n) is 2.62. The second-order valence-electron chi connectivity index (χ2n) is 4.08. The van der Waals surface area contributed by atoms with E-state index < -0.39 is 11.6 Å². The molecule has 0 atom stereocenters. The standard InChI is InChI=1S/C15H12F2N2O/c16-14-5-4-11(8-15(14)17)10-19-12-2-1-3-13(9-12)20-7-6-18/h1-5,8-9,19H,7,10H2. The Labute approximate surface area is 115 Å². The van der Waals surface area contributed by atoms with Crippen LogP contribution < -0.4 is 10.1 Å². The van der Waals surface area contributed by atoms with Crippen LogP contribution >= 0.6 is 0 Å². The largest absolute Gasteiger partial charge is 0.479 e. The van der Waals surface area contributed by atoms with Gasteiger partial charge in [-0.15, -0.1) is 0 Å². The van der Waals surface area contributed by atoms with E-state index in [9.17, 15) is 8.78 Å². The fraction of sp³-hybridized carbons (Fsp3) is 0.133. The van der Waals surface area contributed by atoms with E-state index >= 15 is 0 Å². The first-order valence-electron chi connectivity index (χ1n) is 5.96. The van der Waals surface area contributed by atoms with Gasteiger partial charge in [0, 0.05) is 18.3 Å². The molecule has 1 N–H and O–H groups in total. The number of anilines is 1. The van der Waals surface area contributed by atoms with Crippen LogP contribution in [-0.4, -0.2) is 6.61 Å². The minimum Gasteiger partial charge on any atom is -0.479 e. The van der Waals surface area contributed by atoms with Crippen molar-refractivity contribution in [3.8, 4) is 11.8 Å². The molecule has 2 aromatic rings. The first kappa shape index (κ1) is 13.8. The lowest BCUT2D eigenvalue weighted by atomic mass is 10.2. The van der Waals surface area contributed by atoms with Crippen LogP contribution in [-0.2, 0) is 6.54 Å². The van der Waals surface area contributed by atoms with Crippen molar-refractivity contribution in [2.45, 2.75) is 6.54 Å². The molecule has 20 heavy (non-hydrogen) atoms. The van der Waals surface area contributed by atoms with Crippen molar-refractivity contribution in [3.05, 3.63) is 59.7 Å². The Morgan fingerprint density at radius 3 is 2.70 bits per heavy atom. The highest BCUT2D eigenvalue weighted by molar-refractivity contribution is 5.48. The highest BCUT2D eigenvalue weighted by Crippen LogP contribution is 2.18. The van der Waals surface area contributed by atoms with E-state index in [1.54, 1.807) is 18.2 Å². The highest BCUT2D eigenvalue weighted by atomic mass is 19.2. The summed E-state index contributed by atoms with van der Waals surface area (Å²) in [4.78, 5) is 0. The van der Waals surface area contributed by atoms with Crippen molar-refractivity contribution in [1.82, 2.24) is 0 Å². The average Bonchev–Trinajstić information content (AvgIpc) is 2.47. The molecule has 0 bridgehead atoms. The Kier molecular flexibility index (Phi) is 4.51. The lowest BCUT2D eigenvalue weighted by Gasteiger charge is -2.08. The molecule has 0 aromatic heterocycles. The molecule has 0 aliphatic heterocycles. The molecule has 0 radical (unpaired) electrons. The first-order valence-corrected chi connectivity index (χ1v) is 5.96. The van der Waals surface area contributed by atoms with Gasteiger partial charge in [0.25, 0.3) is 0 Å². The van der Waals surface area contributed by atoms with Crippen LogP contribution in [0.15, 0.2) is 42.5 Å². The number of nitrogens with one attached hydrogen (secondary N) is 1. The van der Waals surface area contributed by atoms with Gasteiger partial charge < -0.3 is 10.1 Å². The normalized spacial score (nSPS) is 9.85. The van der Waals surface area contributed by atoms with Crippen LogP contribution in [0.25, 0.3) is 0 Å². The summed E-state index contributed by atoms with van der Waals surface area (Å²) in [5.41, 5.74) is 1.40. The van der Waals surface area contributed by atoms with Gasteiger partial charge in [-0.3, -0.25) is 0 Å². The maximum atomic E-state index is 13.1. The molecule has 0 amide bonds. The van der Waals surface area contributed by atoms with Gasteiger partial charge in [-0.05, 0) is 29.8 Å². The predicted octanol–water partition coefficient (Wildman–Crippen LogP) is 3.48. The summed E-state index contributed by atoms with van der Waals surface area (Å²) in [5.74, 6) is -1.15. The van der Waals surface area contributed by atoms with Crippen molar-refractivity contribution < 1.29 is 13.5 Å². The molecule has 2 rings (SSSR count). The zero-order valence-electron chi connectivity index (χ0n) is 10.6. The third-order valence-corrected chi connectivity index (χ3v) is 2.62. The predicted molar refractivity (Wildman–Crippen MR) is 71.2 cm³/mol. The molecule has 102 valence electrons. The van der Waals surface area contributed by atoms with Crippen LogP contribution in [0.5, 0.6) is 5.75 Å². The molecule has 0 saturated carbocycles. The number of nitriles is 1. The van der Waals surface area contributed by atoms with Gasteiger partial charge >= 0.3 is 0 Å². The van der Waals surface area contributed by atoms with E-state index in [0.29, 0.717) is 17.9 Å². The molecule has 2 aromatic carbocycles. The molecule has 3 nitrogen and oxygen atoms in total. The summed E-state index contributed by atoms with van der Waals surface area (Å²) < 4.78 is 31.0. The number of rotatable bonds is 5. The summed E-state index contributed by atoms with van der Waals surface area (Å²) in [7, 11) is 0. The second kappa shape index (κ2) is 6.53. The van der Waals surface area contributed by atoms with Crippen LogP contribution in [0.2, 0.25) is 0 Å². The molecule has 0 saturated heterocycles. The maximum Gasteiger partial charge on any atom is 0.174 e. The number of hydrogen-bond acceptors (Lipinski definition) is 3. The number of hydrogen-bond donors (Lipinski definition) is 1. The van der Waals surface area contributed by atoms with Crippen LogP contribution in [0.3, 0.4) is 0 Å². The van der Waals surface area contributed by atoms with Crippen molar-refractivity contribution >= 4 is 5.69 Å². The summed E-state index contributed by atoms with van der Waals surface area (Å²) in [6.07, 6.45) is 0. The molecule has 0 unspecified atom stereocenters. The maximum absolute atomic E-state index is 13.1. The summed E-state index contributed by atoms with van der Waals surface area (Å²) in [6.45, 7) is 0.339. The lowest BCUT2D eigenvalue weighted by molar-refractivity contribution is 0.368. The summed E-state index contributed by atoms with van der Waals surface area (Å²) in [5, 5.41) is 11.5. The first-order chi connectivity index (χ1) is 9.69. The van der Waals surface area contributed by atoms with Gasteiger partial charge in [0.2, 0.25) is 0 Å². The summed E-state index contributed by atoms with van der Waals surface area (Å²) in [6, 6.07) is 12.7. The molecule has 5 heteroatoms. The monoisotopic (exact) mass is 274 g/mol. The van der Waals surface area contributed by atoms with Gasteiger partial charge in [-0.2, -0.15) is 5.26 Å². The highest BCUT2D eigenvalue weighted by Gasteiger charge is 2.03. The van der Waals surface area contributed by atoms with Crippen LogP contribution in [0.1, 0.15) is 5.56 Å². The van der Waals surface area contributed by atoms with E-state index in [0.717, 1.165) is 17.8 Å². The topological polar surface area (TPSA) is 45.0 Å². The van der Waals surface area contributed by atoms with Gasteiger partial charge in [-0.25, -0.2) is 8.78 Å². The second-order valence-corrected chi connectivity index (χ2v) is 4.08. The minimum absolute atomic E-state index is 0.0212. The van der Waals surface area contributed by atoms with E-state index in [-0.39, 0.29) is 6.61 Å². The fourth-order valence-corrected chi connectivity index (χ4v) is 1.67. The van der Waals surface area contributed by atoms with Crippen molar-refractivity contribution in [1.29, 1.82) is 5.26 Å². The zero-order valence-corrected chi connectivity index (χ0v) is 10.6. The Morgan fingerprint density at radius 2 is 1.95 bits per heavy atom. The van der Waals surface area contributed by atoms with Gasteiger partial charge in [0.05, 0.1) is 0 Å². The van der Waals surface area contributed by atoms with Crippen LogP contribution in [0.4, 0.5) is 14.5 Å². The van der Waals surface area contributed by atoms with Gasteiger partial charge in [0.15, 0.2) is 18.2 Å². The van der Waals surface area contributed by atoms with E-state index in [1.807, 2.05) is 12.1 Å². The quantitative estimate of drug-likeness (QED) is 0.907. The lowest BCUT2D eigenvalue weighted by Crippen LogP contribution is -2.01. The minimum atomic E-state index is -0.865. The summed E-state index contributed by atoms with van der Waals surface area (Å²) >= 11 is 0. The molecule has 0 fully saturated rings. The van der Waals surface area contributed by atoms with Crippen molar-refractivity contribution in [3.63, 3.8) is 0 Å². The molecule has 0 heterocycles. The number of nitrogens with zero attached hydrogens (tertiary/aromatic N) is 1. The van der Waals surface area contributed by atoms with E-state index in [1.165, 1.54) is 6.07 Å². The van der Waals surface area contributed by atoms with Crippen molar-refractivity contribution in [2.24, 2.45) is 0 Å². The Balaban J connectivity index is 1.99. The van der Waals surface area contributed by atoms with Crippen LogP contribution in [0, 0.1) is 23.0 Å². The zero-order chi connectivity index (χ0) is 14.4. The van der Waals surface area contributed by atoms with Crippen molar-refractivity contribution in [2.75, 3.05) is 11.9 Å². The Morgan fingerprint density at radius 1 is 1.10 bits per heavy atom. The average molecular weight is 274 g/mol. The van der Waals surface area contributed by atoms with E-state index in [2.05, 4.69) is 5.32 Å². The number of ether oxygens (including phenoxy) is 1. The molecule has 0 spiro atoms. The molecule has 0 aliphatic rings. The fourth-order valence-electron chi connectivity index (χ4n) is 1.67. The van der Waals surface area contributed by atoms with E-state index in [4.69, 9.17) is 10.00 Å². The Hall–Kier alpha value is -2.61. The Bertz CT molecular complexity index is 638. The smallest absolute Gasteiger partial charge is 0.174 e. The SMILES string of the molecule is N#CCOc1cccc(NCc2ccc(F)c(F)c2)c1. The number of halogens is 2. The van der Waals surface area contributed by atoms with Gasteiger partial charge in [-0.1, -0.05) is 12.1 Å². The third kappa shape index (κ3) is 3.69.